The summed E-state index contributed by atoms with van der Waals surface area (Å²) < 4.78 is 0. The summed E-state index contributed by atoms with van der Waals surface area (Å²) in [4.78, 5) is 26.2. The van der Waals surface area contributed by atoms with Gasteiger partial charge in [0.2, 0.25) is 0 Å². The van der Waals surface area contributed by atoms with E-state index in [0.717, 1.165) is 38.5 Å². The number of carbonyl (C=O) groups excluding carboxylic acids is 2. The molecule has 0 atom stereocenters. The normalized spacial score (nSPS) is 11.7. The van der Waals surface area contributed by atoms with Crippen LogP contribution in [0.1, 0.15) is 16.7 Å². The van der Waals surface area contributed by atoms with E-state index in [-0.39, 0.29) is 5.70 Å². The number of aromatic nitrogens is 1. The van der Waals surface area contributed by atoms with E-state index in [0.29, 0.717) is 6.29 Å². The number of aryl methyl sites for hydroxylation is 2. The molecule has 122 valence electrons. The molecule has 0 aliphatic heterocycles. The number of allylic oxidation sites excluding steroid dienone is 1. The highest BCUT2D eigenvalue weighted by Crippen LogP contribution is 2.32. The first-order valence-electron chi connectivity index (χ1n) is 7.71. The first-order valence-corrected chi connectivity index (χ1v) is 7.71. The predicted molar refractivity (Wildman–Crippen MR) is 96.9 cm³/mol. The van der Waals surface area contributed by atoms with Gasteiger partial charge in [0.25, 0.3) is 0 Å². The second-order valence-electron chi connectivity index (χ2n) is 5.75. The zero-order chi connectivity index (χ0) is 17.3. The summed E-state index contributed by atoms with van der Waals surface area (Å²) in [5.41, 5.74) is 5.45. The number of amides is 2. The number of nitrogens with one attached hydrogen (secondary N) is 3. The van der Waals surface area contributed by atoms with E-state index in [2.05, 4.69) is 21.7 Å². The lowest BCUT2D eigenvalue weighted by Crippen LogP contribution is -2.32. The van der Waals surface area contributed by atoms with Crippen LogP contribution >= 0.6 is 0 Å². The highest BCUT2D eigenvalue weighted by molar-refractivity contribution is 6.11. The maximum atomic E-state index is 11.4. The van der Waals surface area contributed by atoms with E-state index in [1.54, 1.807) is 6.08 Å². The highest BCUT2D eigenvalue weighted by Gasteiger charge is 2.12. The van der Waals surface area contributed by atoms with E-state index in [4.69, 9.17) is 0 Å². The summed E-state index contributed by atoms with van der Waals surface area (Å²) in [5, 5.41) is 7.25. The Hall–Kier alpha value is -3.08. The largest absolute Gasteiger partial charge is 0.354 e. The van der Waals surface area contributed by atoms with Gasteiger partial charge in [0.1, 0.15) is 0 Å². The number of hydrogen-bond acceptors (Lipinski definition) is 2. The summed E-state index contributed by atoms with van der Waals surface area (Å²) in [5.74, 6) is 0. The van der Waals surface area contributed by atoms with Crippen LogP contribution < -0.4 is 10.6 Å². The van der Waals surface area contributed by atoms with Crippen molar-refractivity contribution in [3.8, 4) is 0 Å². The van der Waals surface area contributed by atoms with Gasteiger partial charge in [-0.05, 0) is 48.7 Å². The number of carbonyl (C=O) groups is 2. The van der Waals surface area contributed by atoms with Gasteiger partial charge in [-0.1, -0.05) is 18.2 Å². The van der Waals surface area contributed by atoms with Crippen molar-refractivity contribution in [2.24, 2.45) is 0 Å². The summed E-state index contributed by atoms with van der Waals surface area (Å²) in [7, 11) is 1.51. The number of H-pyrrole nitrogens is 1. The lowest BCUT2D eigenvalue weighted by Gasteiger charge is -2.09. The number of hydrogen-bond donors (Lipinski definition) is 3. The van der Waals surface area contributed by atoms with Crippen LogP contribution in [-0.4, -0.2) is 24.3 Å². The van der Waals surface area contributed by atoms with Crippen molar-refractivity contribution in [2.75, 3.05) is 7.05 Å². The number of benzene rings is 2. The van der Waals surface area contributed by atoms with E-state index >= 15 is 0 Å². The van der Waals surface area contributed by atoms with E-state index in [9.17, 15) is 9.59 Å². The van der Waals surface area contributed by atoms with Crippen molar-refractivity contribution in [2.45, 2.75) is 13.8 Å². The first kappa shape index (κ1) is 15.8. The minimum Gasteiger partial charge on any atom is -0.354 e. The van der Waals surface area contributed by atoms with Gasteiger partial charge < -0.3 is 15.6 Å². The fraction of sp³-hybridized carbons (Fsp3) is 0.158. The van der Waals surface area contributed by atoms with Gasteiger partial charge >= 0.3 is 6.03 Å². The monoisotopic (exact) mass is 321 g/mol. The number of rotatable bonds is 3. The summed E-state index contributed by atoms with van der Waals surface area (Å²) in [6, 6.07) is 9.74. The zero-order valence-corrected chi connectivity index (χ0v) is 13.9. The van der Waals surface area contributed by atoms with Crippen LogP contribution in [0.25, 0.3) is 27.9 Å². The average molecular weight is 321 g/mol. The van der Waals surface area contributed by atoms with Gasteiger partial charge in [-0.3, -0.25) is 4.79 Å². The predicted octanol–water partition coefficient (Wildman–Crippen LogP) is 3.41. The molecule has 0 fully saturated rings. The molecule has 1 aromatic heterocycles. The van der Waals surface area contributed by atoms with E-state index in [1.807, 2.05) is 38.1 Å². The summed E-state index contributed by atoms with van der Waals surface area (Å²) >= 11 is 0. The zero-order valence-electron chi connectivity index (χ0n) is 13.9. The lowest BCUT2D eigenvalue weighted by molar-refractivity contribution is -0.105. The standard InChI is InChI=1S/C19H19N3O2/c1-11-8-13(9-14(10-23)21-19(24)20-3)12(2)17-15-6-4-5-7-16(15)22-18(11)17/h4-10,22H,1-3H3,(H2,20,21,24)/b14-9-. The molecule has 5 nitrogen and oxygen atoms in total. The Morgan fingerprint density at radius 1 is 1.21 bits per heavy atom. The number of aldehydes is 1. The third kappa shape index (κ3) is 2.65. The van der Waals surface area contributed by atoms with Crippen LogP contribution in [0, 0.1) is 13.8 Å². The quantitative estimate of drug-likeness (QED) is 0.511. The molecule has 0 spiro atoms. The minimum absolute atomic E-state index is 0.219. The molecule has 2 amide bonds. The molecule has 24 heavy (non-hydrogen) atoms. The summed E-state index contributed by atoms with van der Waals surface area (Å²) in [6.45, 7) is 4.05. The van der Waals surface area contributed by atoms with Gasteiger partial charge in [-0.2, -0.15) is 0 Å². The molecule has 0 saturated heterocycles. The van der Waals surface area contributed by atoms with Crippen molar-refractivity contribution >= 4 is 40.2 Å². The Balaban J connectivity index is 2.22. The molecule has 3 aromatic rings. The van der Waals surface area contributed by atoms with Crippen molar-refractivity contribution < 1.29 is 9.59 Å². The molecular weight excluding hydrogens is 302 g/mol. The van der Waals surface area contributed by atoms with Crippen LogP contribution in [0.3, 0.4) is 0 Å². The fourth-order valence-corrected chi connectivity index (χ4v) is 3.00. The van der Waals surface area contributed by atoms with E-state index in [1.165, 1.54) is 7.05 Å². The van der Waals surface area contributed by atoms with Gasteiger partial charge in [0.15, 0.2) is 6.29 Å². The molecule has 3 N–H and O–H groups in total. The molecule has 0 bridgehead atoms. The van der Waals surface area contributed by atoms with Gasteiger partial charge in [0, 0.05) is 28.9 Å². The highest BCUT2D eigenvalue weighted by atomic mass is 16.2. The second-order valence-corrected chi connectivity index (χ2v) is 5.75. The molecular formula is C19H19N3O2. The Kier molecular flexibility index (Phi) is 4.08. The van der Waals surface area contributed by atoms with Crippen LogP contribution in [0.4, 0.5) is 4.79 Å². The van der Waals surface area contributed by atoms with Gasteiger partial charge in [0.05, 0.1) is 5.70 Å². The van der Waals surface area contributed by atoms with Gasteiger partial charge in [-0.25, -0.2) is 4.79 Å². The third-order valence-corrected chi connectivity index (χ3v) is 4.20. The molecule has 0 saturated carbocycles. The van der Waals surface area contributed by atoms with Crippen molar-refractivity contribution in [1.29, 1.82) is 0 Å². The molecule has 1 heterocycles. The molecule has 0 radical (unpaired) electrons. The number of urea groups is 1. The Bertz CT molecular complexity index is 983. The maximum absolute atomic E-state index is 11.4. The SMILES string of the molecule is CNC(=O)N/C(C=O)=C\c1cc(C)c2[nH]c3ccccc3c2c1C. The Labute approximate surface area is 139 Å². The molecule has 0 aliphatic carbocycles. The first-order chi connectivity index (χ1) is 11.5. The van der Waals surface area contributed by atoms with Crippen molar-refractivity contribution in [3.63, 3.8) is 0 Å². The smallest absolute Gasteiger partial charge is 0.319 e. The lowest BCUT2D eigenvalue weighted by atomic mass is 9.98. The number of fused-ring (bicyclic) bond motifs is 3. The molecule has 0 aliphatic rings. The number of para-hydroxylation sites is 1. The Morgan fingerprint density at radius 3 is 2.67 bits per heavy atom. The molecule has 2 aromatic carbocycles. The molecule has 3 rings (SSSR count). The second kappa shape index (κ2) is 6.20. The number of aromatic amines is 1. The van der Waals surface area contributed by atoms with Crippen LogP contribution in [0.15, 0.2) is 36.0 Å². The fourth-order valence-electron chi connectivity index (χ4n) is 3.00. The topological polar surface area (TPSA) is 74.0 Å². The van der Waals surface area contributed by atoms with Gasteiger partial charge in [-0.15, -0.1) is 0 Å². The third-order valence-electron chi connectivity index (χ3n) is 4.20. The maximum Gasteiger partial charge on any atom is 0.319 e. The van der Waals surface area contributed by atoms with E-state index < -0.39 is 6.03 Å². The van der Waals surface area contributed by atoms with Crippen LogP contribution in [0.5, 0.6) is 0 Å². The van der Waals surface area contributed by atoms with Crippen LogP contribution in [-0.2, 0) is 4.79 Å². The summed E-state index contributed by atoms with van der Waals surface area (Å²) in [6.07, 6.45) is 2.34. The Morgan fingerprint density at radius 2 is 1.96 bits per heavy atom. The molecule has 0 unspecified atom stereocenters. The molecule has 5 heteroatoms. The van der Waals surface area contributed by atoms with Crippen molar-refractivity contribution in [3.05, 3.63) is 52.7 Å². The van der Waals surface area contributed by atoms with Crippen molar-refractivity contribution in [1.82, 2.24) is 15.6 Å². The van der Waals surface area contributed by atoms with Crippen LogP contribution in [0.2, 0.25) is 0 Å². The average Bonchev–Trinajstić information content (AvgIpc) is 2.98. The minimum atomic E-state index is -0.420.